The summed E-state index contributed by atoms with van der Waals surface area (Å²) in [6.45, 7) is 4.21. The molecule has 5 rings (SSSR count). The third-order valence-corrected chi connectivity index (χ3v) is 6.26. The van der Waals surface area contributed by atoms with E-state index in [1.165, 1.54) is 12.1 Å². The second-order valence-corrected chi connectivity index (χ2v) is 8.33. The number of imidazole rings is 1. The van der Waals surface area contributed by atoms with E-state index in [4.69, 9.17) is 11.6 Å². The average Bonchev–Trinajstić information content (AvgIpc) is 3.27. The van der Waals surface area contributed by atoms with Crippen LogP contribution in [0, 0.1) is 11.7 Å². The molecule has 162 valence electrons. The van der Waals surface area contributed by atoms with Crippen molar-refractivity contribution in [3.05, 3.63) is 41.7 Å². The molecule has 1 amide bonds. The Kier molecular flexibility index (Phi) is 5.35. The lowest BCUT2D eigenvalue weighted by Gasteiger charge is -2.40. The molecular weight excluding hydrogens is 421 g/mol. The molecule has 0 spiro atoms. The summed E-state index contributed by atoms with van der Waals surface area (Å²) >= 11 is 6.09. The molecule has 2 aromatic heterocycles. The van der Waals surface area contributed by atoms with Gasteiger partial charge in [0.05, 0.1) is 12.2 Å². The summed E-state index contributed by atoms with van der Waals surface area (Å²) in [6, 6.07) is 6.52. The van der Waals surface area contributed by atoms with Crippen LogP contribution in [0.1, 0.15) is 12.8 Å². The number of rotatable bonds is 3. The van der Waals surface area contributed by atoms with Crippen LogP contribution in [0.25, 0.3) is 11.2 Å². The minimum absolute atomic E-state index is 0.0853. The van der Waals surface area contributed by atoms with Crippen LogP contribution in [-0.4, -0.2) is 70.0 Å². The summed E-state index contributed by atoms with van der Waals surface area (Å²) in [4.78, 5) is 35.3. The highest BCUT2D eigenvalue weighted by Crippen LogP contribution is 2.28. The number of carbonyl (C=O) groups excluding carboxylic acids is 1. The van der Waals surface area contributed by atoms with Gasteiger partial charge in [0, 0.05) is 45.0 Å². The molecule has 0 radical (unpaired) electrons. The molecule has 3 aromatic rings. The van der Waals surface area contributed by atoms with E-state index >= 15 is 0 Å². The number of hydrogen-bond donors (Lipinski definition) is 1. The Morgan fingerprint density at radius 2 is 1.84 bits per heavy atom. The first-order chi connectivity index (χ1) is 15.1. The summed E-state index contributed by atoms with van der Waals surface area (Å²) in [7, 11) is 0. The lowest BCUT2D eigenvalue weighted by Crippen LogP contribution is -2.52. The van der Waals surface area contributed by atoms with Gasteiger partial charge in [0.25, 0.3) is 0 Å². The predicted octanol–water partition coefficient (Wildman–Crippen LogP) is 2.71. The van der Waals surface area contributed by atoms with Crippen LogP contribution in [0.4, 0.5) is 15.9 Å². The Hall–Kier alpha value is -2.94. The van der Waals surface area contributed by atoms with Crippen molar-refractivity contribution in [2.45, 2.75) is 12.8 Å². The van der Waals surface area contributed by atoms with E-state index in [9.17, 15) is 9.18 Å². The van der Waals surface area contributed by atoms with Crippen LogP contribution in [0.5, 0.6) is 0 Å². The van der Waals surface area contributed by atoms with Gasteiger partial charge in [-0.3, -0.25) is 4.79 Å². The number of nitrogens with one attached hydrogen (secondary N) is 1. The maximum atomic E-state index is 13.3. The first-order valence-corrected chi connectivity index (χ1v) is 10.9. The molecule has 4 heterocycles. The molecule has 0 bridgehead atoms. The van der Waals surface area contributed by atoms with Crippen LogP contribution in [0.15, 0.2) is 30.6 Å². The fraction of sp³-hybridized carbons (Fsp3) is 0.429. The molecule has 8 nitrogen and oxygen atoms in total. The molecule has 1 aromatic carbocycles. The molecule has 10 heteroatoms. The Morgan fingerprint density at radius 1 is 1.06 bits per heavy atom. The quantitative estimate of drug-likeness (QED) is 0.627. The zero-order chi connectivity index (χ0) is 21.4. The average molecular weight is 444 g/mol. The zero-order valence-electron chi connectivity index (χ0n) is 17.0. The molecule has 1 N–H and O–H groups in total. The summed E-state index contributed by atoms with van der Waals surface area (Å²) in [5.74, 6) is 0.560. The van der Waals surface area contributed by atoms with Crippen molar-refractivity contribution < 1.29 is 9.18 Å². The number of hydrogen-bond acceptors (Lipinski definition) is 6. The summed E-state index contributed by atoms with van der Waals surface area (Å²) in [6.07, 6.45) is 3.34. The van der Waals surface area contributed by atoms with E-state index in [2.05, 4.69) is 29.7 Å². The number of aromatic nitrogens is 4. The van der Waals surface area contributed by atoms with Crippen LogP contribution < -0.4 is 9.80 Å². The molecule has 2 aliphatic rings. The predicted molar refractivity (Wildman–Crippen MR) is 117 cm³/mol. The first-order valence-electron chi connectivity index (χ1n) is 10.5. The minimum Gasteiger partial charge on any atom is -0.368 e. The molecular formula is C21H23ClFN7O. The van der Waals surface area contributed by atoms with Crippen LogP contribution in [-0.2, 0) is 4.79 Å². The highest BCUT2D eigenvalue weighted by atomic mass is 35.5. The Labute approximate surface area is 184 Å². The van der Waals surface area contributed by atoms with E-state index in [1.807, 2.05) is 4.90 Å². The summed E-state index contributed by atoms with van der Waals surface area (Å²) in [5, 5.41) is 0.153. The van der Waals surface area contributed by atoms with Crippen molar-refractivity contribution >= 4 is 40.2 Å². The largest absolute Gasteiger partial charge is 0.368 e. The molecule has 0 saturated carbocycles. The minimum atomic E-state index is -0.239. The number of carbonyl (C=O) groups is 1. The van der Waals surface area contributed by atoms with Gasteiger partial charge in [0.15, 0.2) is 11.5 Å². The fourth-order valence-electron chi connectivity index (χ4n) is 4.49. The van der Waals surface area contributed by atoms with Gasteiger partial charge >= 0.3 is 0 Å². The zero-order valence-corrected chi connectivity index (χ0v) is 17.7. The highest BCUT2D eigenvalue weighted by molar-refractivity contribution is 6.28. The van der Waals surface area contributed by atoms with E-state index in [0.29, 0.717) is 31.1 Å². The van der Waals surface area contributed by atoms with Crippen molar-refractivity contribution in [1.29, 1.82) is 0 Å². The van der Waals surface area contributed by atoms with Crippen LogP contribution >= 0.6 is 11.6 Å². The molecule has 2 saturated heterocycles. The maximum absolute atomic E-state index is 13.3. The lowest BCUT2D eigenvalue weighted by molar-refractivity contribution is -0.136. The monoisotopic (exact) mass is 443 g/mol. The van der Waals surface area contributed by atoms with Crippen LogP contribution in [0.3, 0.4) is 0 Å². The number of piperazine rings is 1. The number of aromatic amines is 1. The fourth-order valence-corrected chi connectivity index (χ4v) is 4.65. The van der Waals surface area contributed by atoms with Gasteiger partial charge in [-0.2, -0.15) is 9.97 Å². The number of anilines is 2. The number of benzene rings is 1. The lowest BCUT2D eigenvalue weighted by atomic mass is 9.96. The van der Waals surface area contributed by atoms with Crippen LogP contribution in [0.2, 0.25) is 5.28 Å². The Morgan fingerprint density at radius 3 is 2.61 bits per heavy atom. The van der Waals surface area contributed by atoms with Gasteiger partial charge in [0.1, 0.15) is 11.3 Å². The van der Waals surface area contributed by atoms with E-state index < -0.39 is 0 Å². The van der Waals surface area contributed by atoms with Crippen molar-refractivity contribution in [2.24, 2.45) is 5.92 Å². The summed E-state index contributed by atoms with van der Waals surface area (Å²) in [5.41, 5.74) is 2.26. The first kappa shape index (κ1) is 20.0. The van der Waals surface area contributed by atoms with Crippen molar-refractivity contribution in [3.63, 3.8) is 0 Å². The SMILES string of the molecule is O=C([C@@H]1CCCN(c2nc(Cl)nc3nc[nH]c23)C1)N1CCN(c2ccc(F)cc2)CC1. The van der Waals surface area contributed by atoms with Crippen molar-refractivity contribution in [3.8, 4) is 0 Å². The number of nitrogens with zero attached hydrogens (tertiary/aromatic N) is 6. The van der Waals surface area contributed by atoms with Gasteiger partial charge < -0.3 is 19.7 Å². The molecule has 2 aliphatic heterocycles. The summed E-state index contributed by atoms with van der Waals surface area (Å²) < 4.78 is 13.2. The second-order valence-electron chi connectivity index (χ2n) is 7.99. The normalized spacial score (nSPS) is 19.8. The third kappa shape index (κ3) is 4.01. The van der Waals surface area contributed by atoms with Crippen molar-refractivity contribution in [2.75, 3.05) is 49.1 Å². The number of H-pyrrole nitrogens is 1. The van der Waals surface area contributed by atoms with E-state index in [1.54, 1.807) is 18.5 Å². The van der Waals surface area contributed by atoms with Gasteiger partial charge in [-0.1, -0.05) is 0 Å². The molecule has 2 fully saturated rings. The third-order valence-electron chi connectivity index (χ3n) is 6.09. The van der Waals surface area contributed by atoms with Gasteiger partial charge in [-0.15, -0.1) is 0 Å². The van der Waals surface area contributed by atoms with Gasteiger partial charge in [-0.25, -0.2) is 9.37 Å². The smallest absolute Gasteiger partial charge is 0.227 e. The molecule has 1 atom stereocenters. The molecule has 31 heavy (non-hydrogen) atoms. The Bertz CT molecular complexity index is 1080. The van der Waals surface area contributed by atoms with E-state index in [0.717, 1.165) is 43.7 Å². The Balaban J connectivity index is 1.25. The second kappa shape index (κ2) is 8.30. The molecule has 0 aliphatic carbocycles. The number of fused-ring (bicyclic) bond motifs is 1. The van der Waals surface area contributed by atoms with Gasteiger partial charge in [0.2, 0.25) is 11.2 Å². The van der Waals surface area contributed by atoms with E-state index in [-0.39, 0.29) is 22.9 Å². The highest BCUT2D eigenvalue weighted by Gasteiger charge is 2.32. The number of amides is 1. The standard InChI is InChI=1S/C21H23ClFN7O/c22-21-26-18-17(24-13-25-18)19(27-21)30-7-1-2-14(12-30)20(31)29-10-8-28(9-11-29)16-5-3-15(23)4-6-16/h3-6,13-14H,1-2,7-12H2,(H,24,25,26,27)/t14-/m1/s1. The van der Waals surface area contributed by atoms with Crippen molar-refractivity contribution in [1.82, 2.24) is 24.8 Å². The number of piperidine rings is 1. The number of halogens is 2. The topological polar surface area (TPSA) is 81.2 Å². The molecule has 0 unspecified atom stereocenters. The van der Waals surface area contributed by atoms with Gasteiger partial charge in [-0.05, 0) is 48.7 Å². The maximum Gasteiger partial charge on any atom is 0.227 e.